The van der Waals surface area contributed by atoms with Gasteiger partial charge in [0.05, 0.1) is 0 Å². The van der Waals surface area contributed by atoms with Crippen molar-refractivity contribution in [2.24, 2.45) is 0 Å². The molecule has 2 N–H and O–H groups in total. The van der Waals surface area contributed by atoms with E-state index in [1.54, 1.807) is 0 Å². The molecule has 0 amide bonds. The van der Waals surface area contributed by atoms with E-state index in [1.807, 2.05) is 60.7 Å². The fourth-order valence-electron chi connectivity index (χ4n) is 1.96. The van der Waals surface area contributed by atoms with Gasteiger partial charge in [-0.1, -0.05) is 83.9 Å². The third-order valence-corrected chi connectivity index (χ3v) is 3.58. The zero-order valence-corrected chi connectivity index (χ0v) is 14.0. The number of rotatable bonds is 8. The van der Waals surface area contributed by atoms with Gasteiger partial charge >= 0.3 is 0 Å². The van der Waals surface area contributed by atoms with E-state index >= 15 is 0 Å². The molecular weight excluding hydrogens is 331 g/mol. The second kappa shape index (κ2) is 9.23. The maximum absolute atomic E-state index is 11.8. The molecule has 0 aliphatic heterocycles. The predicted octanol–water partition coefficient (Wildman–Crippen LogP) is 3.78. The van der Waals surface area contributed by atoms with E-state index in [1.165, 1.54) is 6.08 Å². The van der Waals surface area contributed by atoms with Crippen molar-refractivity contribution in [1.82, 2.24) is 10.6 Å². The molecule has 0 unspecified atom stereocenters. The summed E-state index contributed by atoms with van der Waals surface area (Å²) in [5.74, 6) is 0.235. The number of benzene rings is 2. The summed E-state index contributed by atoms with van der Waals surface area (Å²) in [5, 5.41) is 6.41. The number of ketones is 1. The smallest absolute Gasteiger partial charge is 0.192 e. The third-order valence-electron chi connectivity index (χ3n) is 3.15. The number of hydrogen-bond acceptors (Lipinski definition) is 3. The molecule has 0 aromatic heterocycles. The van der Waals surface area contributed by atoms with Crippen LogP contribution in [0.15, 0.2) is 72.6 Å². The molecule has 0 heterocycles. The Morgan fingerprint density at radius 1 is 0.870 bits per heavy atom. The highest BCUT2D eigenvalue weighted by Gasteiger charge is 2.10. The van der Waals surface area contributed by atoms with E-state index in [0.717, 1.165) is 11.1 Å². The maximum Gasteiger partial charge on any atom is 0.192 e. The van der Waals surface area contributed by atoms with Crippen LogP contribution in [0, 0.1) is 0 Å². The van der Waals surface area contributed by atoms with Gasteiger partial charge in [-0.3, -0.25) is 4.79 Å². The van der Waals surface area contributed by atoms with Gasteiger partial charge in [0.15, 0.2) is 10.6 Å². The van der Waals surface area contributed by atoms with Crippen molar-refractivity contribution in [3.8, 4) is 0 Å². The van der Waals surface area contributed by atoms with Crippen molar-refractivity contribution in [1.29, 1.82) is 0 Å². The largest absolute Gasteiger partial charge is 0.368 e. The first kappa shape index (κ1) is 17.4. The number of hydrogen-bond donors (Lipinski definition) is 2. The fraction of sp³-hybridized carbons (Fsp3) is 0.167. The van der Waals surface area contributed by atoms with Crippen LogP contribution in [0.5, 0.6) is 0 Å². The van der Waals surface area contributed by atoms with Crippen molar-refractivity contribution in [2.45, 2.75) is 17.9 Å². The van der Waals surface area contributed by atoms with E-state index in [0.29, 0.717) is 18.9 Å². The second-order valence-electron chi connectivity index (χ2n) is 4.94. The van der Waals surface area contributed by atoms with Gasteiger partial charge in [-0.05, 0) is 11.1 Å². The lowest BCUT2D eigenvalue weighted by molar-refractivity contribution is -0.113. The van der Waals surface area contributed by atoms with Crippen LogP contribution in [0.2, 0.25) is 0 Å². The fourth-order valence-corrected chi connectivity index (χ4v) is 2.08. The number of carbonyl (C=O) groups excluding carboxylic acids is 1. The average molecular weight is 349 g/mol. The Bertz CT molecular complexity index is 597. The Labute approximate surface area is 146 Å². The Morgan fingerprint density at radius 3 is 1.70 bits per heavy atom. The van der Waals surface area contributed by atoms with Crippen LogP contribution in [0.3, 0.4) is 0 Å². The minimum Gasteiger partial charge on any atom is -0.368 e. The summed E-state index contributed by atoms with van der Waals surface area (Å²) in [7, 11) is 0. The molecule has 0 saturated carbocycles. The molecule has 2 aromatic rings. The van der Waals surface area contributed by atoms with Gasteiger partial charge in [-0.15, -0.1) is 0 Å². The molecule has 3 nitrogen and oxygen atoms in total. The van der Waals surface area contributed by atoms with Crippen LogP contribution in [0.1, 0.15) is 11.1 Å². The second-order valence-corrected chi connectivity index (χ2v) is 6.04. The number of alkyl halides is 2. The first-order valence-electron chi connectivity index (χ1n) is 7.24. The predicted molar refractivity (Wildman–Crippen MR) is 95.1 cm³/mol. The van der Waals surface area contributed by atoms with Crippen LogP contribution in [-0.2, 0) is 17.9 Å². The maximum atomic E-state index is 11.8. The molecule has 0 aliphatic rings. The number of nitrogens with one attached hydrogen (secondary N) is 2. The lowest BCUT2D eigenvalue weighted by atomic mass is 10.2. The SMILES string of the molecule is O=C(C=C(NCc1ccccc1)NCc1ccccc1)C(Cl)Cl. The van der Waals surface area contributed by atoms with Gasteiger partial charge in [0, 0.05) is 19.2 Å². The van der Waals surface area contributed by atoms with E-state index in [4.69, 9.17) is 23.2 Å². The summed E-state index contributed by atoms with van der Waals surface area (Å²) in [4.78, 5) is 10.7. The molecule has 0 radical (unpaired) electrons. The zero-order chi connectivity index (χ0) is 16.5. The van der Waals surface area contributed by atoms with E-state index < -0.39 is 4.84 Å². The van der Waals surface area contributed by atoms with Gasteiger partial charge in [0.25, 0.3) is 0 Å². The molecular formula is C18H18Cl2N2O. The Morgan fingerprint density at radius 2 is 1.30 bits per heavy atom. The van der Waals surface area contributed by atoms with Crippen molar-refractivity contribution in [3.63, 3.8) is 0 Å². The molecule has 2 rings (SSSR count). The normalized spacial score (nSPS) is 10.2. The summed E-state index contributed by atoms with van der Waals surface area (Å²) in [6.07, 6.45) is 1.40. The van der Waals surface area contributed by atoms with Crippen LogP contribution in [0.25, 0.3) is 0 Å². The third kappa shape index (κ3) is 6.35. The summed E-state index contributed by atoms with van der Waals surface area (Å²) in [5.41, 5.74) is 2.22. The number of allylic oxidation sites excluding steroid dienone is 1. The molecule has 23 heavy (non-hydrogen) atoms. The van der Waals surface area contributed by atoms with Gasteiger partial charge in [0.1, 0.15) is 5.82 Å². The van der Waals surface area contributed by atoms with Crippen LogP contribution >= 0.6 is 23.2 Å². The quantitative estimate of drug-likeness (QED) is 0.563. The highest BCUT2D eigenvalue weighted by atomic mass is 35.5. The molecule has 0 saturated heterocycles. The molecule has 120 valence electrons. The summed E-state index contributed by atoms with van der Waals surface area (Å²) in [6, 6.07) is 19.8. The van der Waals surface area contributed by atoms with Gasteiger partial charge < -0.3 is 10.6 Å². The molecule has 0 fully saturated rings. The lowest BCUT2D eigenvalue weighted by Gasteiger charge is -2.14. The monoisotopic (exact) mass is 348 g/mol. The minimum atomic E-state index is -1.07. The van der Waals surface area contributed by atoms with Crippen LogP contribution in [0.4, 0.5) is 0 Å². The van der Waals surface area contributed by atoms with E-state index in [-0.39, 0.29) is 5.78 Å². The lowest BCUT2D eigenvalue weighted by Crippen LogP contribution is -2.27. The minimum absolute atomic E-state index is 0.357. The summed E-state index contributed by atoms with van der Waals surface area (Å²) >= 11 is 11.2. The van der Waals surface area contributed by atoms with Crippen molar-refractivity contribution in [2.75, 3.05) is 0 Å². The molecule has 5 heteroatoms. The standard InChI is InChI=1S/C18H18Cl2N2O/c19-18(20)16(23)11-17(21-12-14-7-3-1-4-8-14)22-13-15-9-5-2-6-10-15/h1-11,18,21-22H,12-13H2. The molecule has 0 bridgehead atoms. The van der Waals surface area contributed by atoms with Crippen LogP contribution < -0.4 is 10.6 Å². The average Bonchev–Trinajstić information content (AvgIpc) is 2.59. The van der Waals surface area contributed by atoms with E-state index in [9.17, 15) is 4.79 Å². The van der Waals surface area contributed by atoms with Crippen molar-refractivity contribution >= 4 is 29.0 Å². The van der Waals surface area contributed by atoms with Gasteiger partial charge in [0.2, 0.25) is 0 Å². The molecule has 0 aliphatic carbocycles. The van der Waals surface area contributed by atoms with Crippen LogP contribution in [-0.4, -0.2) is 10.6 Å². The zero-order valence-electron chi connectivity index (χ0n) is 12.5. The Balaban J connectivity index is 2.01. The van der Waals surface area contributed by atoms with Crippen molar-refractivity contribution < 1.29 is 4.79 Å². The topological polar surface area (TPSA) is 41.1 Å². The van der Waals surface area contributed by atoms with Gasteiger partial charge in [-0.25, -0.2) is 0 Å². The summed E-state index contributed by atoms with van der Waals surface area (Å²) in [6.45, 7) is 1.19. The number of halogens is 2. The first-order chi connectivity index (χ1) is 11.1. The van der Waals surface area contributed by atoms with Gasteiger partial charge in [-0.2, -0.15) is 0 Å². The Hall–Kier alpha value is -1.97. The first-order valence-corrected chi connectivity index (χ1v) is 8.12. The molecule has 0 atom stereocenters. The van der Waals surface area contributed by atoms with Crippen molar-refractivity contribution in [3.05, 3.63) is 83.7 Å². The number of carbonyl (C=O) groups is 1. The Kier molecular flexibility index (Phi) is 6.98. The van der Waals surface area contributed by atoms with E-state index in [2.05, 4.69) is 10.6 Å². The summed E-state index contributed by atoms with van der Waals surface area (Å²) < 4.78 is 0. The molecule has 0 spiro atoms. The molecule has 2 aromatic carbocycles. The highest BCUT2D eigenvalue weighted by Crippen LogP contribution is 2.06. The highest BCUT2D eigenvalue weighted by molar-refractivity contribution is 6.54.